The van der Waals surface area contributed by atoms with Gasteiger partial charge in [0.05, 0.1) is 6.61 Å². The Balaban J connectivity index is 2.88. The minimum absolute atomic E-state index is 0.459. The predicted molar refractivity (Wildman–Crippen MR) is 55.0 cm³/mol. The Morgan fingerprint density at radius 3 is 2.62 bits per heavy atom. The van der Waals surface area contributed by atoms with Crippen LogP contribution in [0, 0.1) is 6.92 Å². The Morgan fingerprint density at radius 1 is 1.31 bits per heavy atom. The van der Waals surface area contributed by atoms with Crippen LogP contribution in [0.5, 0.6) is 0 Å². The van der Waals surface area contributed by atoms with Crippen molar-refractivity contribution in [1.82, 2.24) is 0 Å². The normalized spacial score (nSPS) is 10.5. The molecule has 0 saturated carbocycles. The van der Waals surface area contributed by atoms with Crippen molar-refractivity contribution in [2.45, 2.75) is 13.3 Å². The first-order valence-electron chi connectivity index (χ1n) is 3.91. The Morgan fingerprint density at radius 2 is 2.00 bits per heavy atom. The molecule has 1 aromatic carbocycles. The van der Waals surface area contributed by atoms with Gasteiger partial charge in [-0.25, -0.2) is 5.90 Å². The summed E-state index contributed by atoms with van der Waals surface area (Å²) < 4.78 is 0. The van der Waals surface area contributed by atoms with E-state index in [-0.39, 0.29) is 0 Å². The molecular formula is C9H11Cl2NO. The average Bonchev–Trinajstić information content (AvgIpc) is 2.09. The maximum absolute atomic E-state index is 5.96. The number of nitrogens with two attached hydrogens (primary N) is 1. The van der Waals surface area contributed by atoms with Gasteiger partial charge in [-0.1, -0.05) is 29.3 Å². The van der Waals surface area contributed by atoms with Gasteiger partial charge in [0, 0.05) is 10.0 Å². The highest BCUT2D eigenvalue weighted by Crippen LogP contribution is 2.24. The van der Waals surface area contributed by atoms with Crippen molar-refractivity contribution in [1.29, 1.82) is 0 Å². The van der Waals surface area contributed by atoms with E-state index in [0.717, 1.165) is 11.1 Å². The van der Waals surface area contributed by atoms with Gasteiger partial charge in [0.15, 0.2) is 0 Å². The quantitative estimate of drug-likeness (QED) is 0.795. The summed E-state index contributed by atoms with van der Waals surface area (Å²) in [6.07, 6.45) is 0.702. The molecule has 0 heterocycles. The van der Waals surface area contributed by atoms with Gasteiger partial charge in [0.25, 0.3) is 0 Å². The van der Waals surface area contributed by atoms with E-state index in [1.165, 1.54) is 0 Å². The third-order valence-electron chi connectivity index (χ3n) is 1.82. The smallest absolute Gasteiger partial charge is 0.0720 e. The fourth-order valence-electron chi connectivity index (χ4n) is 1.08. The van der Waals surface area contributed by atoms with E-state index >= 15 is 0 Å². The molecule has 72 valence electrons. The molecular weight excluding hydrogens is 209 g/mol. The first kappa shape index (κ1) is 10.8. The van der Waals surface area contributed by atoms with Gasteiger partial charge >= 0.3 is 0 Å². The summed E-state index contributed by atoms with van der Waals surface area (Å²) in [6, 6.07) is 3.69. The van der Waals surface area contributed by atoms with Gasteiger partial charge < -0.3 is 4.84 Å². The van der Waals surface area contributed by atoms with Crippen molar-refractivity contribution in [3.05, 3.63) is 33.3 Å². The lowest BCUT2D eigenvalue weighted by atomic mass is 10.1. The first-order chi connectivity index (χ1) is 6.15. The standard InChI is InChI=1S/C9H11Cl2NO/c1-6-4-7(2-3-13-12)9(11)5-8(6)10/h4-5H,2-3,12H2,1H3. The fraction of sp³-hybridized carbons (Fsp3) is 0.333. The fourth-order valence-corrected chi connectivity index (χ4v) is 1.56. The van der Waals surface area contributed by atoms with Crippen LogP contribution in [0.25, 0.3) is 0 Å². The second-order valence-electron chi connectivity index (χ2n) is 2.81. The van der Waals surface area contributed by atoms with Crippen LogP contribution in [-0.4, -0.2) is 6.61 Å². The van der Waals surface area contributed by atoms with Crippen molar-refractivity contribution in [3.63, 3.8) is 0 Å². The summed E-state index contributed by atoms with van der Waals surface area (Å²) in [6.45, 7) is 2.40. The van der Waals surface area contributed by atoms with Crippen LogP contribution in [0.2, 0.25) is 10.0 Å². The van der Waals surface area contributed by atoms with E-state index in [0.29, 0.717) is 23.1 Å². The lowest BCUT2D eigenvalue weighted by Gasteiger charge is -2.06. The van der Waals surface area contributed by atoms with Gasteiger partial charge in [-0.3, -0.25) is 0 Å². The molecule has 0 radical (unpaired) electrons. The third-order valence-corrected chi connectivity index (χ3v) is 2.58. The first-order valence-corrected chi connectivity index (χ1v) is 4.67. The molecule has 0 aliphatic heterocycles. The lowest BCUT2D eigenvalue weighted by molar-refractivity contribution is 0.141. The lowest BCUT2D eigenvalue weighted by Crippen LogP contribution is -2.04. The number of hydrogen-bond acceptors (Lipinski definition) is 2. The summed E-state index contributed by atoms with van der Waals surface area (Å²) in [4.78, 5) is 4.48. The number of hydrogen-bond donors (Lipinski definition) is 1. The van der Waals surface area contributed by atoms with Crippen LogP contribution in [-0.2, 0) is 11.3 Å². The van der Waals surface area contributed by atoms with Gasteiger partial charge in [-0.05, 0) is 30.5 Å². The van der Waals surface area contributed by atoms with Gasteiger partial charge in [-0.15, -0.1) is 0 Å². The van der Waals surface area contributed by atoms with E-state index in [4.69, 9.17) is 29.1 Å². The maximum atomic E-state index is 5.96. The molecule has 1 aromatic rings. The Labute approximate surface area is 87.5 Å². The largest absolute Gasteiger partial charge is 0.304 e. The third kappa shape index (κ3) is 2.85. The number of benzene rings is 1. The van der Waals surface area contributed by atoms with Crippen LogP contribution in [0.4, 0.5) is 0 Å². The Kier molecular flexibility index (Phi) is 4.00. The molecule has 0 aliphatic rings. The van der Waals surface area contributed by atoms with Crippen molar-refractivity contribution in [2.24, 2.45) is 5.90 Å². The number of halogens is 2. The molecule has 0 bridgehead atoms. The van der Waals surface area contributed by atoms with E-state index in [2.05, 4.69) is 4.84 Å². The summed E-state index contributed by atoms with van der Waals surface area (Å²) in [7, 11) is 0. The van der Waals surface area contributed by atoms with Crippen LogP contribution in [0.3, 0.4) is 0 Å². The van der Waals surface area contributed by atoms with Crippen molar-refractivity contribution >= 4 is 23.2 Å². The number of aryl methyl sites for hydroxylation is 1. The highest BCUT2D eigenvalue weighted by molar-refractivity contribution is 6.35. The molecule has 0 unspecified atom stereocenters. The minimum atomic E-state index is 0.459. The molecule has 0 aliphatic carbocycles. The predicted octanol–water partition coefficient (Wildman–Crippen LogP) is 2.73. The summed E-state index contributed by atoms with van der Waals surface area (Å²) in [5, 5.41) is 1.34. The highest BCUT2D eigenvalue weighted by Gasteiger charge is 2.03. The molecule has 4 heteroatoms. The molecule has 0 spiro atoms. The minimum Gasteiger partial charge on any atom is -0.304 e. The molecule has 1 rings (SSSR count). The van der Waals surface area contributed by atoms with E-state index < -0.39 is 0 Å². The zero-order valence-electron chi connectivity index (χ0n) is 7.31. The highest BCUT2D eigenvalue weighted by atomic mass is 35.5. The van der Waals surface area contributed by atoms with Gasteiger partial charge in [0.1, 0.15) is 0 Å². The van der Waals surface area contributed by atoms with Crippen molar-refractivity contribution in [2.75, 3.05) is 6.61 Å². The summed E-state index contributed by atoms with van der Waals surface area (Å²) in [5.74, 6) is 4.93. The summed E-state index contributed by atoms with van der Waals surface area (Å²) in [5.41, 5.74) is 2.02. The Bertz CT molecular complexity index is 302. The van der Waals surface area contributed by atoms with Crippen LogP contribution in [0.15, 0.2) is 12.1 Å². The molecule has 0 aromatic heterocycles. The van der Waals surface area contributed by atoms with Crippen LogP contribution < -0.4 is 5.90 Å². The zero-order chi connectivity index (χ0) is 9.84. The van der Waals surface area contributed by atoms with Crippen LogP contribution >= 0.6 is 23.2 Å². The topological polar surface area (TPSA) is 35.2 Å². The average molecular weight is 220 g/mol. The molecule has 0 saturated heterocycles. The number of rotatable bonds is 3. The second kappa shape index (κ2) is 4.82. The monoisotopic (exact) mass is 219 g/mol. The molecule has 0 amide bonds. The van der Waals surface area contributed by atoms with E-state index in [1.54, 1.807) is 6.07 Å². The molecule has 0 atom stereocenters. The van der Waals surface area contributed by atoms with Gasteiger partial charge in [0.2, 0.25) is 0 Å². The molecule has 2 N–H and O–H groups in total. The van der Waals surface area contributed by atoms with E-state index in [1.807, 2.05) is 13.0 Å². The molecule has 2 nitrogen and oxygen atoms in total. The summed E-state index contributed by atoms with van der Waals surface area (Å²) >= 11 is 11.8. The maximum Gasteiger partial charge on any atom is 0.0720 e. The SMILES string of the molecule is Cc1cc(CCON)c(Cl)cc1Cl. The molecule has 13 heavy (non-hydrogen) atoms. The molecule has 0 fully saturated rings. The van der Waals surface area contributed by atoms with Gasteiger partial charge in [-0.2, -0.15) is 0 Å². The van der Waals surface area contributed by atoms with E-state index in [9.17, 15) is 0 Å². The van der Waals surface area contributed by atoms with Crippen molar-refractivity contribution < 1.29 is 4.84 Å². The second-order valence-corrected chi connectivity index (χ2v) is 3.63. The van der Waals surface area contributed by atoms with Crippen molar-refractivity contribution in [3.8, 4) is 0 Å². The van der Waals surface area contributed by atoms with Crippen LogP contribution in [0.1, 0.15) is 11.1 Å². The Hall–Kier alpha value is -0.280. The zero-order valence-corrected chi connectivity index (χ0v) is 8.82.